The fourth-order valence-corrected chi connectivity index (χ4v) is 3.60. The fourth-order valence-electron chi connectivity index (χ4n) is 3.60. The van der Waals surface area contributed by atoms with E-state index in [0.29, 0.717) is 26.2 Å². The molecule has 1 heterocycles. The first kappa shape index (κ1) is 22.9. The van der Waals surface area contributed by atoms with Crippen molar-refractivity contribution in [2.45, 2.75) is 46.4 Å². The second-order valence-corrected chi connectivity index (χ2v) is 7.99. The predicted molar refractivity (Wildman–Crippen MR) is 122 cm³/mol. The van der Waals surface area contributed by atoms with Gasteiger partial charge in [-0.3, -0.25) is 4.90 Å². The molecule has 1 unspecified atom stereocenters. The van der Waals surface area contributed by atoms with Crippen LogP contribution in [0.15, 0.2) is 65.3 Å². The summed E-state index contributed by atoms with van der Waals surface area (Å²) in [5, 5.41) is 10.7. The van der Waals surface area contributed by atoms with E-state index in [9.17, 15) is 5.11 Å². The summed E-state index contributed by atoms with van der Waals surface area (Å²) in [7, 11) is 0. The highest BCUT2D eigenvalue weighted by Crippen LogP contribution is 2.22. The van der Waals surface area contributed by atoms with Gasteiger partial charge in [0.2, 0.25) is 0 Å². The maximum Gasteiger partial charge on any atom is 0.123 e. The van der Waals surface area contributed by atoms with Crippen molar-refractivity contribution in [1.29, 1.82) is 0 Å². The molecule has 2 aromatic carbocycles. The van der Waals surface area contributed by atoms with Crippen molar-refractivity contribution in [1.82, 2.24) is 4.90 Å². The van der Waals surface area contributed by atoms with E-state index < -0.39 is 6.10 Å². The van der Waals surface area contributed by atoms with Gasteiger partial charge in [-0.25, -0.2) is 0 Å². The molecule has 1 N–H and O–H groups in total. The van der Waals surface area contributed by atoms with E-state index in [-0.39, 0.29) is 6.61 Å². The van der Waals surface area contributed by atoms with Gasteiger partial charge in [-0.05, 0) is 61.7 Å². The Morgan fingerprint density at radius 2 is 1.74 bits per heavy atom. The van der Waals surface area contributed by atoms with Gasteiger partial charge >= 0.3 is 0 Å². The van der Waals surface area contributed by atoms with Crippen LogP contribution in [0, 0.1) is 13.8 Å². The van der Waals surface area contributed by atoms with Gasteiger partial charge in [-0.1, -0.05) is 31.2 Å². The third-order valence-electron chi connectivity index (χ3n) is 4.89. The number of nitrogens with zero attached hydrogens (tertiary/aromatic N) is 1. The summed E-state index contributed by atoms with van der Waals surface area (Å²) in [5.41, 5.74) is 3.38. The summed E-state index contributed by atoms with van der Waals surface area (Å²) in [6.07, 6.45) is 1.99. The van der Waals surface area contributed by atoms with Gasteiger partial charge in [0, 0.05) is 18.7 Å². The molecule has 166 valence electrons. The smallest absolute Gasteiger partial charge is 0.123 e. The van der Waals surface area contributed by atoms with E-state index in [1.54, 1.807) is 6.26 Å². The van der Waals surface area contributed by atoms with Crippen LogP contribution in [0.25, 0.3) is 0 Å². The molecule has 0 saturated carbocycles. The van der Waals surface area contributed by atoms with Gasteiger partial charge in [0.1, 0.15) is 30.0 Å². The molecule has 31 heavy (non-hydrogen) atoms. The quantitative estimate of drug-likeness (QED) is 0.438. The molecule has 0 radical (unpaired) electrons. The van der Waals surface area contributed by atoms with Crippen molar-refractivity contribution in [3.63, 3.8) is 0 Å². The number of aliphatic hydroxyl groups is 1. The van der Waals surface area contributed by atoms with Crippen molar-refractivity contribution in [3.8, 4) is 11.5 Å². The minimum absolute atomic E-state index is 0.228. The molecular weight excluding hydrogens is 390 g/mol. The molecule has 1 atom stereocenters. The van der Waals surface area contributed by atoms with E-state index in [1.165, 1.54) is 0 Å². The third-order valence-corrected chi connectivity index (χ3v) is 4.89. The number of hydrogen-bond acceptors (Lipinski definition) is 5. The lowest BCUT2D eigenvalue weighted by molar-refractivity contribution is 0.0600. The number of hydrogen-bond donors (Lipinski definition) is 1. The molecule has 1 aromatic heterocycles. The highest BCUT2D eigenvalue weighted by molar-refractivity contribution is 5.34. The summed E-state index contributed by atoms with van der Waals surface area (Å²) in [6, 6.07) is 18.0. The lowest BCUT2D eigenvalue weighted by Crippen LogP contribution is -2.35. The second kappa shape index (κ2) is 11.6. The molecule has 3 aromatic rings. The Bertz CT molecular complexity index is 903. The maximum absolute atomic E-state index is 10.7. The zero-order valence-corrected chi connectivity index (χ0v) is 18.7. The third kappa shape index (κ3) is 7.46. The minimum atomic E-state index is -0.639. The minimum Gasteiger partial charge on any atom is -0.493 e. The average Bonchev–Trinajstić information content (AvgIpc) is 3.24. The lowest BCUT2D eigenvalue weighted by Gasteiger charge is -2.25. The number of furan rings is 1. The first-order chi connectivity index (χ1) is 15.0. The Balaban J connectivity index is 1.66. The summed E-state index contributed by atoms with van der Waals surface area (Å²) in [4.78, 5) is 2.16. The van der Waals surface area contributed by atoms with Gasteiger partial charge in [-0.15, -0.1) is 0 Å². The Morgan fingerprint density at radius 3 is 2.45 bits per heavy atom. The molecule has 0 aliphatic rings. The normalized spacial score (nSPS) is 12.2. The molecule has 0 saturated heterocycles. The van der Waals surface area contributed by atoms with E-state index >= 15 is 0 Å². The molecule has 3 rings (SSSR count). The second-order valence-electron chi connectivity index (χ2n) is 7.99. The molecule has 5 nitrogen and oxygen atoms in total. The summed E-state index contributed by atoms with van der Waals surface area (Å²) >= 11 is 0. The van der Waals surface area contributed by atoms with Crippen LogP contribution in [0.3, 0.4) is 0 Å². The van der Waals surface area contributed by atoms with Crippen LogP contribution in [-0.4, -0.2) is 35.9 Å². The Kier molecular flexibility index (Phi) is 8.56. The summed E-state index contributed by atoms with van der Waals surface area (Å²) in [6.45, 7) is 8.77. The van der Waals surface area contributed by atoms with Crippen molar-refractivity contribution in [2.24, 2.45) is 0 Å². The largest absolute Gasteiger partial charge is 0.493 e. The van der Waals surface area contributed by atoms with Crippen LogP contribution in [-0.2, 0) is 13.1 Å². The number of aliphatic hydroxyl groups excluding tert-OH is 1. The van der Waals surface area contributed by atoms with Crippen LogP contribution in [0.2, 0.25) is 0 Å². The van der Waals surface area contributed by atoms with Gasteiger partial charge in [0.15, 0.2) is 0 Å². The number of rotatable bonds is 12. The van der Waals surface area contributed by atoms with Crippen molar-refractivity contribution < 1.29 is 19.0 Å². The Labute approximate surface area is 185 Å². The summed E-state index contributed by atoms with van der Waals surface area (Å²) < 4.78 is 17.3. The van der Waals surface area contributed by atoms with Crippen LogP contribution in [0.4, 0.5) is 0 Å². The van der Waals surface area contributed by atoms with Crippen LogP contribution in [0.5, 0.6) is 11.5 Å². The SMILES string of the molecule is CCCOc1ccccc1CN(Cc1ccco1)CC(O)COc1cc(C)cc(C)c1. The molecule has 0 spiro atoms. The number of ether oxygens (including phenoxy) is 2. The van der Waals surface area contributed by atoms with E-state index in [4.69, 9.17) is 13.9 Å². The number of aryl methyl sites for hydroxylation is 2. The fraction of sp³-hybridized carbons (Fsp3) is 0.385. The van der Waals surface area contributed by atoms with Gasteiger partial charge < -0.3 is 19.0 Å². The molecule has 0 aliphatic carbocycles. The van der Waals surface area contributed by atoms with Crippen LogP contribution in [0.1, 0.15) is 35.8 Å². The lowest BCUT2D eigenvalue weighted by atomic mass is 10.1. The van der Waals surface area contributed by atoms with Crippen molar-refractivity contribution >= 4 is 0 Å². The van der Waals surface area contributed by atoms with Crippen LogP contribution >= 0.6 is 0 Å². The van der Waals surface area contributed by atoms with E-state index in [2.05, 4.69) is 24.0 Å². The standard InChI is InChI=1S/C26H33NO4/c1-4-11-30-26-10-6-5-8-22(26)16-27(18-24-9-7-12-29-24)17-23(28)19-31-25-14-20(2)13-21(3)15-25/h5-10,12-15,23,28H,4,11,16-19H2,1-3H3. The maximum atomic E-state index is 10.7. The predicted octanol–water partition coefficient (Wildman–Crippen LogP) is 5.13. The molecule has 0 aliphatic heterocycles. The van der Waals surface area contributed by atoms with E-state index in [0.717, 1.165) is 40.4 Å². The number of benzene rings is 2. The highest BCUT2D eigenvalue weighted by Gasteiger charge is 2.17. The molecule has 0 fully saturated rings. The van der Waals surface area contributed by atoms with Gasteiger partial charge in [0.25, 0.3) is 0 Å². The average molecular weight is 424 g/mol. The first-order valence-electron chi connectivity index (χ1n) is 10.9. The van der Waals surface area contributed by atoms with Gasteiger partial charge in [-0.2, -0.15) is 0 Å². The topological polar surface area (TPSA) is 55.1 Å². The Hall–Kier alpha value is -2.76. The molecule has 0 amide bonds. The van der Waals surface area contributed by atoms with E-state index in [1.807, 2.05) is 56.3 Å². The number of para-hydroxylation sites is 1. The first-order valence-corrected chi connectivity index (χ1v) is 10.9. The summed E-state index contributed by atoms with van der Waals surface area (Å²) in [5.74, 6) is 2.52. The van der Waals surface area contributed by atoms with Crippen molar-refractivity contribution in [2.75, 3.05) is 19.8 Å². The zero-order chi connectivity index (χ0) is 22.1. The van der Waals surface area contributed by atoms with Gasteiger partial charge in [0.05, 0.1) is 19.4 Å². The Morgan fingerprint density at radius 1 is 0.968 bits per heavy atom. The van der Waals surface area contributed by atoms with Crippen LogP contribution < -0.4 is 9.47 Å². The molecule has 5 heteroatoms. The molecular formula is C26H33NO4. The monoisotopic (exact) mass is 423 g/mol. The molecule has 0 bridgehead atoms. The van der Waals surface area contributed by atoms with Crippen molar-refractivity contribution in [3.05, 3.63) is 83.3 Å². The zero-order valence-electron chi connectivity index (χ0n) is 18.7. The highest BCUT2D eigenvalue weighted by atomic mass is 16.5.